The van der Waals surface area contributed by atoms with Gasteiger partial charge >= 0.3 is 0 Å². The summed E-state index contributed by atoms with van der Waals surface area (Å²) in [4.78, 5) is 15.5. The number of nitrogens with zero attached hydrogens (tertiary/aromatic N) is 3. The Morgan fingerprint density at radius 3 is 1.66 bits per heavy atom. The van der Waals surface area contributed by atoms with Gasteiger partial charge in [-0.25, -0.2) is 15.0 Å². The van der Waals surface area contributed by atoms with Gasteiger partial charge in [-0.15, -0.1) is 0 Å². The lowest BCUT2D eigenvalue weighted by Gasteiger charge is -2.25. The maximum atomic E-state index is 6.73. The number of ether oxygens (including phenoxy) is 2. The number of fused-ring (bicyclic) bond motifs is 12. The van der Waals surface area contributed by atoms with Crippen molar-refractivity contribution in [2.75, 3.05) is 0 Å². The second-order valence-corrected chi connectivity index (χ2v) is 15.9. The van der Waals surface area contributed by atoms with Gasteiger partial charge in [-0.05, 0) is 84.4 Å². The summed E-state index contributed by atoms with van der Waals surface area (Å²) in [7, 11) is 0. The molecule has 0 fully saturated rings. The SMILES string of the molecule is CC1(C)c2ccccc2-c2c1ccc1c2Oc2ccc(-c3ccccc3-c3nc(-c4ccccc4)nc(-c4ccc5c6ccccc6c6ccccc6c5c4)n3)cc2O1. The molecule has 0 saturated carbocycles. The lowest BCUT2D eigenvalue weighted by molar-refractivity contribution is 0.360. The molecule has 0 atom stereocenters. The third-order valence-electron chi connectivity index (χ3n) is 12.2. The zero-order valence-electron chi connectivity index (χ0n) is 32.4. The molecule has 1 aliphatic carbocycles. The van der Waals surface area contributed by atoms with E-state index < -0.39 is 0 Å². The number of aromatic nitrogens is 3. The molecule has 1 aromatic heterocycles. The third kappa shape index (κ3) is 5.14. The van der Waals surface area contributed by atoms with Crippen molar-refractivity contribution in [2.24, 2.45) is 0 Å². The Hall–Kier alpha value is -7.63. The van der Waals surface area contributed by atoms with Gasteiger partial charge in [0, 0.05) is 27.7 Å². The largest absolute Gasteiger partial charge is 0.449 e. The molecule has 2 aliphatic rings. The van der Waals surface area contributed by atoms with E-state index in [2.05, 4.69) is 135 Å². The van der Waals surface area contributed by atoms with E-state index in [9.17, 15) is 0 Å². The minimum atomic E-state index is -0.134. The molecule has 0 bridgehead atoms. The first kappa shape index (κ1) is 33.5. The summed E-state index contributed by atoms with van der Waals surface area (Å²) in [6, 6.07) is 61.2. The zero-order chi connectivity index (χ0) is 39.2. The van der Waals surface area contributed by atoms with Crippen LogP contribution < -0.4 is 9.47 Å². The second-order valence-electron chi connectivity index (χ2n) is 15.9. The van der Waals surface area contributed by atoms with Crippen LogP contribution in [0.3, 0.4) is 0 Å². The fourth-order valence-corrected chi connectivity index (χ4v) is 9.31. The summed E-state index contributed by atoms with van der Waals surface area (Å²) in [6.07, 6.45) is 0. The van der Waals surface area contributed by atoms with Crippen molar-refractivity contribution in [3.05, 3.63) is 187 Å². The summed E-state index contributed by atoms with van der Waals surface area (Å²) < 4.78 is 13.4. The molecule has 2 heterocycles. The van der Waals surface area contributed by atoms with E-state index in [1.54, 1.807) is 0 Å². The lowest BCUT2D eigenvalue weighted by atomic mass is 9.82. The van der Waals surface area contributed by atoms with E-state index in [0.717, 1.165) is 44.5 Å². The number of benzene rings is 9. The predicted octanol–water partition coefficient (Wildman–Crippen LogP) is 14.2. The van der Waals surface area contributed by atoms with Crippen molar-refractivity contribution >= 4 is 32.3 Å². The maximum absolute atomic E-state index is 6.73. The first-order valence-corrected chi connectivity index (χ1v) is 20.0. The van der Waals surface area contributed by atoms with Crippen LogP contribution in [0.25, 0.3) is 88.7 Å². The Balaban J connectivity index is 0.981. The Kier molecular flexibility index (Phi) is 7.20. The van der Waals surface area contributed by atoms with Crippen LogP contribution >= 0.6 is 0 Å². The molecular formula is C54H35N3O2. The average Bonchev–Trinajstić information content (AvgIpc) is 3.54. The van der Waals surface area contributed by atoms with Crippen LogP contribution in [0.1, 0.15) is 25.0 Å². The molecule has 278 valence electrons. The fraction of sp³-hybridized carbons (Fsp3) is 0.0556. The van der Waals surface area contributed by atoms with Crippen LogP contribution in [-0.2, 0) is 5.41 Å². The number of rotatable bonds is 4. The number of hydrogen-bond acceptors (Lipinski definition) is 5. The summed E-state index contributed by atoms with van der Waals surface area (Å²) in [5.41, 5.74) is 9.37. The van der Waals surface area contributed by atoms with Gasteiger partial charge in [-0.2, -0.15) is 0 Å². The highest BCUT2D eigenvalue weighted by atomic mass is 16.6. The molecule has 0 unspecified atom stereocenters. The van der Waals surface area contributed by atoms with Crippen LogP contribution in [0.2, 0.25) is 0 Å². The van der Waals surface area contributed by atoms with E-state index in [0.29, 0.717) is 34.7 Å². The van der Waals surface area contributed by atoms with Crippen LogP contribution in [-0.4, -0.2) is 15.0 Å². The monoisotopic (exact) mass is 757 g/mol. The molecule has 0 spiro atoms. The van der Waals surface area contributed by atoms with E-state index in [-0.39, 0.29) is 5.41 Å². The van der Waals surface area contributed by atoms with Crippen molar-refractivity contribution in [1.82, 2.24) is 15.0 Å². The van der Waals surface area contributed by atoms with Crippen LogP contribution in [0, 0.1) is 0 Å². The highest BCUT2D eigenvalue weighted by Gasteiger charge is 2.39. The molecule has 5 heteroatoms. The minimum absolute atomic E-state index is 0.134. The van der Waals surface area contributed by atoms with Crippen LogP contribution in [0.15, 0.2) is 176 Å². The third-order valence-corrected chi connectivity index (χ3v) is 12.2. The van der Waals surface area contributed by atoms with Gasteiger partial charge in [0.1, 0.15) is 0 Å². The predicted molar refractivity (Wildman–Crippen MR) is 238 cm³/mol. The van der Waals surface area contributed by atoms with Crippen molar-refractivity contribution in [1.29, 1.82) is 0 Å². The molecule has 1 aliphatic heterocycles. The Morgan fingerprint density at radius 1 is 0.356 bits per heavy atom. The van der Waals surface area contributed by atoms with Crippen molar-refractivity contribution in [3.63, 3.8) is 0 Å². The molecule has 0 amide bonds. The Morgan fingerprint density at radius 2 is 0.915 bits per heavy atom. The standard InChI is InChI=1S/C54H35N3O2/c1-54(2)44-23-13-12-22-42(44)49-45(54)27-29-47-50(49)59-46-28-25-33(31-48(46)58-47)35-16-6-11-21-41(35)53-56-51(32-14-4-3-5-15-32)55-52(57-53)34-24-26-40-38-19-8-7-17-36(38)37-18-9-10-20-39(37)43(40)30-34/h3-31H,1-2H3. The molecule has 0 N–H and O–H groups in total. The molecule has 0 saturated heterocycles. The van der Waals surface area contributed by atoms with Gasteiger partial charge in [0.15, 0.2) is 40.5 Å². The highest BCUT2D eigenvalue weighted by molar-refractivity contribution is 6.25. The van der Waals surface area contributed by atoms with Crippen molar-refractivity contribution in [2.45, 2.75) is 19.3 Å². The first-order valence-electron chi connectivity index (χ1n) is 20.0. The Labute approximate surface area is 341 Å². The molecule has 12 rings (SSSR count). The van der Waals surface area contributed by atoms with Gasteiger partial charge in [-0.1, -0.05) is 166 Å². The van der Waals surface area contributed by atoms with Gasteiger partial charge < -0.3 is 9.47 Å². The first-order chi connectivity index (χ1) is 29.0. The second kappa shape index (κ2) is 12.7. The molecule has 10 aromatic rings. The summed E-state index contributed by atoms with van der Waals surface area (Å²) in [5, 5.41) is 7.26. The van der Waals surface area contributed by atoms with Crippen molar-refractivity contribution in [3.8, 4) is 79.4 Å². The summed E-state index contributed by atoms with van der Waals surface area (Å²) in [6.45, 7) is 4.55. The number of hydrogen-bond donors (Lipinski definition) is 0. The molecule has 5 nitrogen and oxygen atoms in total. The minimum Gasteiger partial charge on any atom is -0.449 e. The van der Waals surface area contributed by atoms with Crippen LogP contribution in [0.5, 0.6) is 23.0 Å². The molecule has 0 radical (unpaired) electrons. The summed E-state index contributed by atoms with van der Waals surface area (Å²) in [5.74, 6) is 4.62. The molecular weight excluding hydrogens is 723 g/mol. The normalized spacial score (nSPS) is 13.3. The molecule has 59 heavy (non-hydrogen) atoms. The van der Waals surface area contributed by atoms with Gasteiger partial charge in [0.25, 0.3) is 0 Å². The Bertz CT molecular complexity index is 3340. The van der Waals surface area contributed by atoms with Crippen molar-refractivity contribution < 1.29 is 9.47 Å². The average molecular weight is 758 g/mol. The lowest BCUT2D eigenvalue weighted by Crippen LogP contribution is -2.15. The quantitative estimate of drug-likeness (QED) is 0.167. The summed E-state index contributed by atoms with van der Waals surface area (Å²) >= 11 is 0. The smallest absolute Gasteiger partial charge is 0.178 e. The zero-order valence-corrected chi connectivity index (χ0v) is 32.4. The van der Waals surface area contributed by atoms with E-state index in [1.165, 1.54) is 43.6 Å². The fourth-order valence-electron chi connectivity index (χ4n) is 9.31. The highest BCUT2D eigenvalue weighted by Crippen LogP contribution is 2.58. The van der Waals surface area contributed by atoms with Gasteiger partial charge in [0.2, 0.25) is 0 Å². The van der Waals surface area contributed by atoms with Gasteiger partial charge in [-0.3, -0.25) is 0 Å². The molecule has 9 aromatic carbocycles. The van der Waals surface area contributed by atoms with Crippen LogP contribution in [0.4, 0.5) is 0 Å². The van der Waals surface area contributed by atoms with E-state index in [4.69, 9.17) is 24.4 Å². The maximum Gasteiger partial charge on any atom is 0.178 e. The van der Waals surface area contributed by atoms with E-state index in [1.807, 2.05) is 54.6 Å². The van der Waals surface area contributed by atoms with Gasteiger partial charge in [0.05, 0.1) is 0 Å². The topological polar surface area (TPSA) is 57.1 Å². The van der Waals surface area contributed by atoms with E-state index >= 15 is 0 Å².